The van der Waals surface area contributed by atoms with Crippen LogP contribution in [0.4, 0.5) is 5.82 Å². The van der Waals surface area contributed by atoms with E-state index in [2.05, 4.69) is 38.3 Å². The molecule has 8 nitrogen and oxygen atoms in total. The standard InChI is InChI=1S/C27H35N5O3S2/c1-16-8-9-21-29-22(28-17-12-26(2,3)30-27(4,5)13-17)19(23(33)31(21)14-16)11-20-24(34)32(25(36)37-20)15-18-7-6-10-35-18/h8-9,11,14,17-18,28,30H,6-7,10,12-13,15H2,1-5H3/b20-11-/t18-/m0/s1. The Kier molecular flexibility index (Phi) is 6.97. The van der Waals surface area contributed by atoms with Gasteiger partial charge in [0.2, 0.25) is 0 Å². The second kappa shape index (κ2) is 9.80. The summed E-state index contributed by atoms with van der Waals surface area (Å²) < 4.78 is 7.76. The summed E-state index contributed by atoms with van der Waals surface area (Å²) in [5, 5.41) is 7.28. The molecule has 3 saturated heterocycles. The van der Waals surface area contributed by atoms with Crippen molar-refractivity contribution in [2.45, 2.75) is 83.5 Å². The van der Waals surface area contributed by atoms with Crippen LogP contribution in [0, 0.1) is 6.92 Å². The largest absolute Gasteiger partial charge is 0.376 e. The van der Waals surface area contributed by atoms with E-state index in [1.807, 2.05) is 19.1 Å². The van der Waals surface area contributed by atoms with Gasteiger partial charge < -0.3 is 15.4 Å². The van der Waals surface area contributed by atoms with Crippen molar-refractivity contribution in [1.29, 1.82) is 0 Å². The first-order valence-corrected chi connectivity index (χ1v) is 14.1. The Morgan fingerprint density at radius 3 is 2.65 bits per heavy atom. The number of nitrogens with zero attached hydrogens (tertiary/aromatic N) is 3. The number of hydrogen-bond donors (Lipinski definition) is 2. The predicted molar refractivity (Wildman–Crippen MR) is 153 cm³/mol. The molecule has 3 aliphatic rings. The molecule has 0 unspecified atom stereocenters. The minimum atomic E-state index is -0.215. The molecule has 2 aromatic heterocycles. The van der Waals surface area contributed by atoms with Gasteiger partial charge in [-0.2, -0.15) is 0 Å². The molecule has 1 amide bonds. The number of pyridine rings is 1. The van der Waals surface area contributed by atoms with Gasteiger partial charge in [0, 0.05) is 29.9 Å². The summed E-state index contributed by atoms with van der Waals surface area (Å²) >= 11 is 6.77. The smallest absolute Gasteiger partial charge is 0.267 e. The van der Waals surface area contributed by atoms with E-state index in [1.54, 1.807) is 21.6 Å². The lowest BCUT2D eigenvalue weighted by Gasteiger charge is -2.46. The molecule has 5 heterocycles. The monoisotopic (exact) mass is 541 g/mol. The molecule has 10 heteroatoms. The number of ether oxygens (including phenoxy) is 1. The maximum atomic E-state index is 13.8. The number of anilines is 1. The van der Waals surface area contributed by atoms with Crippen LogP contribution >= 0.6 is 24.0 Å². The summed E-state index contributed by atoms with van der Waals surface area (Å²) in [5.41, 5.74) is 1.52. The van der Waals surface area contributed by atoms with Crippen molar-refractivity contribution in [3.63, 3.8) is 0 Å². The summed E-state index contributed by atoms with van der Waals surface area (Å²) in [4.78, 5) is 34.0. The highest BCUT2D eigenvalue weighted by Gasteiger charge is 2.39. The number of nitrogens with one attached hydrogen (secondary N) is 2. The number of aromatic nitrogens is 2. The Labute approximate surface area is 227 Å². The minimum absolute atomic E-state index is 0.00151. The SMILES string of the molecule is Cc1ccc2nc(NC3CC(C)(C)NC(C)(C)C3)c(/C=C3\SC(=S)N(C[C@@H]4CCCO4)C3=O)c(=O)n2c1. The number of rotatable bonds is 5. The maximum Gasteiger partial charge on any atom is 0.267 e. The van der Waals surface area contributed by atoms with E-state index in [9.17, 15) is 9.59 Å². The van der Waals surface area contributed by atoms with Crippen LogP contribution in [0.2, 0.25) is 0 Å². The fourth-order valence-electron chi connectivity index (χ4n) is 5.90. The summed E-state index contributed by atoms with van der Waals surface area (Å²) in [6, 6.07) is 3.90. The van der Waals surface area contributed by atoms with Gasteiger partial charge in [-0.3, -0.25) is 18.9 Å². The number of thiocarbonyl (C=S) groups is 1. The molecule has 0 saturated carbocycles. The molecule has 3 fully saturated rings. The zero-order valence-corrected chi connectivity index (χ0v) is 23.7. The molecule has 3 aliphatic heterocycles. The van der Waals surface area contributed by atoms with Gasteiger partial charge in [-0.1, -0.05) is 30.0 Å². The highest BCUT2D eigenvalue weighted by Crippen LogP contribution is 2.35. The van der Waals surface area contributed by atoms with Gasteiger partial charge in [-0.25, -0.2) is 4.98 Å². The molecule has 198 valence electrons. The van der Waals surface area contributed by atoms with Crippen molar-refractivity contribution in [3.05, 3.63) is 44.7 Å². The first-order valence-electron chi connectivity index (χ1n) is 12.9. The van der Waals surface area contributed by atoms with Crippen LogP contribution in [0.5, 0.6) is 0 Å². The average Bonchev–Trinajstić information content (AvgIpc) is 3.39. The van der Waals surface area contributed by atoms with E-state index in [1.165, 1.54) is 11.8 Å². The van der Waals surface area contributed by atoms with E-state index in [0.717, 1.165) is 31.2 Å². The van der Waals surface area contributed by atoms with Gasteiger partial charge >= 0.3 is 0 Å². The highest BCUT2D eigenvalue weighted by atomic mass is 32.2. The van der Waals surface area contributed by atoms with Crippen LogP contribution in [0.3, 0.4) is 0 Å². The number of thioether (sulfide) groups is 1. The summed E-state index contributed by atoms with van der Waals surface area (Å²) in [5.74, 6) is 0.311. The Morgan fingerprint density at radius 1 is 1.24 bits per heavy atom. The second-order valence-corrected chi connectivity index (χ2v) is 13.4. The van der Waals surface area contributed by atoms with E-state index in [4.69, 9.17) is 21.9 Å². The molecule has 0 radical (unpaired) electrons. The molecule has 0 bridgehead atoms. The Bertz CT molecular complexity index is 1330. The quantitative estimate of drug-likeness (QED) is 0.432. The third-order valence-electron chi connectivity index (χ3n) is 7.10. The lowest BCUT2D eigenvalue weighted by Crippen LogP contribution is -2.60. The topological polar surface area (TPSA) is 88.0 Å². The zero-order chi connectivity index (χ0) is 26.5. The van der Waals surface area contributed by atoms with Crippen molar-refractivity contribution in [2.24, 2.45) is 0 Å². The van der Waals surface area contributed by atoms with E-state index < -0.39 is 0 Å². The predicted octanol–water partition coefficient (Wildman–Crippen LogP) is 4.10. The van der Waals surface area contributed by atoms with E-state index in [0.29, 0.717) is 39.4 Å². The summed E-state index contributed by atoms with van der Waals surface area (Å²) in [6.07, 6.45) is 7.10. The van der Waals surface area contributed by atoms with Gasteiger partial charge in [0.15, 0.2) is 0 Å². The summed E-state index contributed by atoms with van der Waals surface area (Å²) in [7, 11) is 0. The van der Waals surface area contributed by atoms with Crippen LogP contribution in [0.1, 0.15) is 64.5 Å². The lowest BCUT2D eigenvalue weighted by atomic mass is 9.79. The summed E-state index contributed by atoms with van der Waals surface area (Å²) in [6.45, 7) is 11.9. The number of piperidine rings is 1. The fourth-order valence-corrected chi connectivity index (χ4v) is 7.15. The first-order chi connectivity index (χ1) is 17.4. The molecule has 1 atom stereocenters. The van der Waals surface area contributed by atoms with Crippen LogP contribution < -0.4 is 16.2 Å². The molecule has 2 N–H and O–H groups in total. The molecule has 2 aromatic rings. The van der Waals surface area contributed by atoms with Crippen molar-refractivity contribution < 1.29 is 9.53 Å². The molecule has 5 rings (SSSR count). The Hall–Kier alpha value is -2.27. The molecule has 0 aliphatic carbocycles. The minimum Gasteiger partial charge on any atom is -0.376 e. The van der Waals surface area contributed by atoms with Gasteiger partial charge in [0.05, 0.1) is 23.1 Å². The molecule has 0 aromatic carbocycles. The second-order valence-electron chi connectivity index (χ2n) is 11.7. The average molecular weight is 542 g/mol. The van der Waals surface area contributed by atoms with Gasteiger partial charge in [0.25, 0.3) is 11.5 Å². The normalized spacial score (nSPS) is 24.9. The molecular formula is C27H35N5O3S2. The van der Waals surface area contributed by atoms with Crippen LogP contribution in [-0.2, 0) is 9.53 Å². The number of carbonyl (C=O) groups excluding carboxylic acids is 1. The fraction of sp³-hybridized carbons (Fsp3) is 0.556. The van der Waals surface area contributed by atoms with Crippen LogP contribution in [-0.4, -0.2) is 60.9 Å². The Morgan fingerprint density at radius 2 is 1.97 bits per heavy atom. The number of carbonyl (C=O) groups is 1. The van der Waals surface area contributed by atoms with Crippen molar-refractivity contribution in [3.8, 4) is 0 Å². The van der Waals surface area contributed by atoms with E-state index >= 15 is 0 Å². The van der Waals surface area contributed by atoms with Crippen molar-refractivity contribution >= 4 is 51.7 Å². The zero-order valence-electron chi connectivity index (χ0n) is 22.1. The number of hydrogen-bond acceptors (Lipinski definition) is 8. The van der Waals surface area contributed by atoms with Gasteiger partial charge in [-0.05, 0) is 78.0 Å². The number of aryl methyl sites for hydroxylation is 1. The van der Waals surface area contributed by atoms with Crippen LogP contribution in [0.25, 0.3) is 11.7 Å². The van der Waals surface area contributed by atoms with Crippen molar-refractivity contribution in [1.82, 2.24) is 19.6 Å². The maximum absolute atomic E-state index is 13.8. The molecule has 0 spiro atoms. The number of amides is 1. The first kappa shape index (κ1) is 26.3. The molecule has 37 heavy (non-hydrogen) atoms. The van der Waals surface area contributed by atoms with Crippen LogP contribution in [0.15, 0.2) is 28.0 Å². The van der Waals surface area contributed by atoms with Crippen molar-refractivity contribution in [2.75, 3.05) is 18.5 Å². The number of fused-ring (bicyclic) bond motifs is 1. The molecular weight excluding hydrogens is 506 g/mol. The lowest BCUT2D eigenvalue weighted by molar-refractivity contribution is -0.123. The highest BCUT2D eigenvalue weighted by molar-refractivity contribution is 8.26. The van der Waals surface area contributed by atoms with Gasteiger partial charge in [0.1, 0.15) is 15.8 Å². The third kappa shape index (κ3) is 5.62. The third-order valence-corrected chi connectivity index (χ3v) is 8.47. The van der Waals surface area contributed by atoms with E-state index in [-0.39, 0.29) is 34.7 Å². The van der Waals surface area contributed by atoms with Gasteiger partial charge in [-0.15, -0.1) is 0 Å². The Balaban J connectivity index is 1.54.